The van der Waals surface area contributed by atoms with E-state index in [2.05, 4.69) is 31.2 Å². The number of rotatable bonds is 3. The average Bonchev–Trinajstić information content (AvgIpc) is 2.38. The van der Waals surface area contributed by atoms with Crippen LogP contribution in [0.1, 0.15) is 38.5 Å². The summed E-state index contributed by atoms with van der Waals surface area (Å²) < 4.78 is 0.895. The first-order chi connectivity index (χ1) is 9.62. The molecule has 4 bridgehead atoms. The zero-order valence-electron chi connectivity index (χ0n) is 11.4. The molecule has 0 unspecified atom stereocenters. The smallest absolute Gasteiger partial charge is 0.224 e. The highest BCUT2D eigenvalue weighted by atomic mass is 79.9. The fraction of sp³-hybridized carbons (Fsp3) is 0.733. The third kappa shape index (κ3) is 2.35. The molecule has 4 aliphatic carbocycles. The van der Waals surface area contributed by atoms with Crippen LogP contribution in [0.15, 0.2) is 10.7 Å². The van der Waals surface area contributed by atoms with E-state index in [1.54, 1.807) is 6.20 Å². The van der Waals surface area contributed by atoms with Gasteiger partial charge in [0.1, 0.15) is 5.82 Å². The van der Waals surface area contributed by atoms with E-state index in [1.807, 2.05) is 0 Å². The Morgan fingerprint density at radius 1 is 1.20 bits per heavy atom. The molecular weight excluding hydrogens is 338 g/mol. The van der Waals surface area contributed by atoms with Gasteiger partial charge in [-0.05, 0) is 89.2 Å². The van der Waals surface area contributed by atoms with Gasteiger partial charge in [-0.3, -0.25) is 0 Å². The van der Waals surface area contributed by atoms with E-state index in [9.17, 15) is 0 Å². The summed E-state index contributed by atoms with van der Waals surface area (Å²) in [5, 5.41) is 3.84. The van der Waals surface area contributed by atoms with Crippen molar-refractivity contribution in [1.82, 2.24) is 9.97 Å². The molecule has 4 fully saturated rings. The lowest BCUT2D eigenvalue weighted by Gasteiger charge is -2.57. The maximum absolute atomic E-state index is 5.89. The van der Waals surface area contributed by atoms with Gasteiger partial charge in [-0.1, -0.05) is 0 Å². The molecule has 0 aliphatic heterocycles. The van der Waals surface area contributed by atoms with Crippen molar-refractivity contribution in [2.75, 3.05) is 11.9 Å². The standard InChI is InChI=1S/C15H19BrClN3/c16-12-7-18-14(17)20-13(12)19-8-15-4-9-1-10(5-15)3-11(2-9)6-15/h7,9-11H,1-6,8H2,(H,18,19,20). The largest absolute Gasteiger partial charge is 0.368 e. The monoisotopic (exact) mass is 355 g/mol. The summed E-state index contributed by atoms with van der Waals surface area (Å²) >= 11 is 9.38. The first-order valence-electron chi connectivity index (χ1n) is 7.54. The van der Waals surface area contributed by atoms with Gasteiger partial charge in [-0.2, -0.15) is 4.98 Å². The van der Waals surface area contributed by atoms with Crippen LogP contribution >= 0.6 is 27.5 Å². The van der Waals surface area contributed by atoms with Gasteiger partial charge in [-0.25, -0.2) is 4.98 Å². The molecule has 0 spiro atoms. The number of hydrogen-bond donors (Lipinski definition) is 1. The van der Waals surface area contributed by atoms with E-state index in [1.165, 1.54) is 38.5 Å². The number of nitrogens with zero attached hydrogens (tertiary/aromatic N) is 2. The highest BCUT2D eigenvalue weighted by molar-refractivity contribution is 9.10. The Kier molecular flexibility index (Phi) is 3.22. The second kappa shape index (κ2) is 4.84. The van der Waals surface area contributed by atoms with Crippen molar-refractivity contribution >= 4 is 33.3 Å². The number of aromatic nitrogens is 2. The summed E-state index contributed by atoms with van der Waals surface area (Å²) in [4.78, 5) is 8.27. The maximum Gasteiger partial charge on any atom is 0.224 e. The zero-order chi connectivity index (χ0) is 13.7. The number of hydrogen-bond acceptors (Lipinski definition) is 3. The minimum Gasteiger partial charge on any atom is -0.368 e. The molecular formula is C15H19BrClN3. The summed E-state index contributed by atoms with van der Waals surface area (Å²) in [6.07, 6.45) is 10.4. The van der Waals surface area contributed by atoms with Crippen LogP contribution in [0.3, 0.4) is 0 Å². The van der Waals surface area contributed by atoms with Crippen molar-refractivity contribution < 1.29 is 0 Å². The molecule has 3 nitrogen and oxygen atoms in total. The highest BCUT2D eigenvalue weighted by Gasteiger charge is 2.50. The van der Waals surface area contributed by atoms with E-state index in [0.29, 0.717) is 10.7 Å². The van der Waals surface area contributed by atoms with Gasteiger partial charge in [0, 0.05) is 12.7 Å². The van der Waals surface area contributed by atoms with Crippen molar-refractivity contribution in [1.29, 1.82) is 0 Å². The Hall–Kier alpha value is -0.350. The molecule has 0 aromatic carbocycles. The lowest BCUT2D eigenvalue weighted by molar-refractivity contribution is -0.0444. The summed E-state index contributed by atoms with van der Waals surface area (Å²) in [6.45, 7) is 1.03. The molecule has 1 aromatic rings. The zero-order valence-corrected chi connectivity index (χ0v) is 13.8. The van der Waals surface area contributed by atoms with Crippen LogP contribution in [0, 0.1) is 23.2 Å². The first-order valence-corrected chi connectivity index (χ1v) is 8.71. The van der Waals surface area contributed by atoms with Gasteiger partial charge in [0.25, 0.3) is 0 Å². The molecule has 5 rings (SSSR count). The van der Waals surface area contributed by atoms with Crippen LogP contribution in [0.4, 0.5) is 5.82 Å². The molecule has 1 heterocycles. The Morgan fingerprint density at radius 2 is 1.80 bits per heavy atom. The second-order valence-corrected chi connectivity index (χ2v) is 8.30. The van der Waals surface area contributed by atoms with E-state index in [0.717, 1.165) is 34.6 Å². The van der Waals surface area contributed by atoms with Crippen LogP contribution in [-0.4, -0.2) is 16.5 Å². The lowest BCUT2D eigenvalue weighted by Crippen LogP contribution is -2.49. The molecule has 0 saturated heterocycles. The minimum absolute atomic E-state index is 0.307. The van der Waals surface area contributed by atoms with Gasteiger partial charge < -0.3 is 5.32 Å². The number of anilines is 1. The molecule has 108 valence electrons. The Bertz CT molecular complexity index is 499. The van der Waals surface area contributed by atoms with Gasteiger partial charge in [0.05, 0.1) is 4.47 Å². The summed E-state index contributed by atoms with van der Waals surface area (Å²) in [6, 6.07) is 0. The Morgan fingerprint density at radius 3 is 2.40 bits per heavy atom. The topological polar surface area (TPSA) is 37.8 Å². The van der Waals surface area contributed by atoms with Gasteiger partial charge in [0.15, 0.2) is 0 Å². The van der Waals surface area contributed by atoms with E-state index >= 15 is 0 Å². The van der Waals surface area contributed by atoms with Gasteiger partial charge in [-0.15, -0.1) is 0 Å². The SMILES string of the molecule is Clc1ncc(Br)c(NCC23CC4CC(CC(C4)C2)C3)n1. The molecule has 0 atom stereocenters. The van der Waals surface area contributed by atoms with Crippen molar-refractivity contribution in [3.05, 3.63) is 16.0 Å². The third-order valence-electron chi connectivity index (χ3n) is 5.51. The van der Waals surface area contributed by atoms with Crippen molar-refractivity contribution in [2.45, 2.75) is 38.5 Å². The Labute approximate surface area is 133 Å². The predicted octanol–water partition coefficient (Wildman–Crippen LogP) is 4.52. The third-order valence-corrected chi connectivity index (χ3v) is 6.27. The minimum atomic E-state index is 0.307. The number of nitrogens with one attached hydrogen (secondary N) is 1. The van der Waals surface area contributed by atoms with Crippen LogP contribution in [-0.2, 0) is 0 Å². The molecule has 1 aromatic heterocycles. The van der Waals surface area contributed by atoms with Crippen LogP contribution in [0.2, 0.25) is 5.28 Å². The second-order valence-electron chi connectivity index (χ2n) is 7.11. The lowest BCUT2D eigenvalue weighted by atomic mass is 9.49. The molecule has 4 aliphatic rings. The van der Waals surface area contributed by atoms with E-state index in [-0.39, 0.29) is 0 Å². The van der Waals surface area contributed by atoms with Crippen molar-refractivity contribution in [3.63, 3.8) is 0 Å². The maximum atomic E-state index is 5.89. The van der Waals surface area contributed by atoms with Crippen molar-refractivity contribution in [3.8, 4) is 0 Å². The predicted molar refractivity (Wildman–Crippen MR) is 83.8 cm³/mol. The van der Waals surface area contributed by atoms with Crippen molar-refractivity contribution in [2.24, 2.45) is 23.2 Å². The van der Waals surface area contributed by atoms with Crippen LogP contribution in [0.5, 0.6) is 0 Å². The van der Waals surface area contributed by atoms with E-state index in [4.69, 9.17) is 11.6 Å². The summed E-state index contributed by atoms with van der Waals surface area (Å²) in [5.74, 6) is 3.79. The Balaban J connectivity index is 1.50. The molecule has 4 saturated carbocycles. The van der Waals surface area contributed by atoms with Gasteiger partial charge >= 0.3 is 0 Å². The molecule has 1 N–H and O–H groups in total. The summed E-state index contributed by atoms with van der Waals surface area (Å²) in [7, 11) is 0. The van der Waals surface area contributed by atoms with Crippen LogP contribution in [0.25, 0.3) is 0 Å². The van der Waals surface area contributed by atoms with Gasteiger partial charge in [0.2, 0.25) is 5.28 Å². The normalized spacial score (nSPS) is 38.2. The molecule has 5 heteroatoms. The average molecular weight is 357 g/mol. The first kappa shape index (κ1) is 13.3. The number of halogens is 2. The fourth-order valence-corrected chi connectivity index (χ4v) is 5.71. The van der Waals surface area contributed by atoms with E-state index < -0.39 is 0 Å². The fourth-order valence-electron chi connectivity index (χ4n) is 5.25. The quantitative estimate of drug-likeness (QED) is 0.809. The molecule has 20 heavy (non-hydrogen) atoms. The summed E-state index contributed by atoms with van der Waals surface area (Å²) in [5.41, 5.74) is 0.506. The van der Waals surface area contributed by atoms with Crippen LogP contribution < -0.4 is 5.32 Å². The molecule has 0 amide bonds. The molecule has 0 radical (unpaired) electrons. The highest BCUT2D eigenvalue weighted by Crippen LogP contribution is 2.59.